The molecule has 92 valence electrons. The summed E-state index contributed by atoms with van der Waals surface area (Å²) in [6.45, 7) is 0.393. The first-order valence-corrected chi connectivity index (χ1v) is 5.64. The SMILES string of the molecule is c1ccc(OCN=NCOc2ccccc2)cc1. The van der Waals surface area contributed by atoms with Crippen molar-refractivity contribution < 1.29 is 9.47 Å². The molecule has 18 heavy (non-hydrogen) atoms. The first-order valence-electron chi connectivity index (χ1n) is 5.64. The van der Waals surface area contributed by atoms with E-state index in [9.17, 15) is 0 Å². The molecule has 0 aromatic heterocycles. The average molecular weight is 242 g/mol. The molecule has 0 spiro atoms. The molecule has 0 unspecified atom stereocenters. The summed E-state index contributed by atoms with van der Waals surface area (Å²) in [7, 11) is 0. The van der Waals surface area contributed by atoms with Crippen LogP contribution in [0, 0.1) is 0 Å². The molecule has 0 amide bonds. The van der Waals surface area contributed by atoms with Gasteiger partial charge in [-0.15, -0.1) is 10.2 Å². The molecule has 0 aliphatic carbocycles. The third-order valence-electron chi connectivity index (χ3n) is 2.16. The van der Waals surface area contributed by atoms with E-state index in [1.165, 1.54) is 0 Å². The summed E-state index contributed by atoms with van der Waals surface area (Å²) in [6, 6.07) is 19.0. The minimum absolute atomic E-state index is 0.197. The Kier molecular flexibility index (Phi) is 4.75. The van der Waals surface area contributed by atoms with Crippen LogP contribution in [0.25, 0.3) is 0 Å². The fourth-order valence-corrected chi connectivity index (χ4v) is 1.32. The zero-order valence-electron chi connectivity index (χ0n) is 9.90. The Morgan fingerprint density at radius 2 is 1.00 bits per heavy atom. The van der Waals surface area contributed by atoms with E-state index in [-0.39, 0.29) is 13.5 Å². The van der Waals surface area contributed by atoms with Crippen LogP contribution < -0.4 is 9.47 Å². The lowest BCUT2D eigenvalue weighted by molar-refractivity contribution is 0.291. The Labute approximate surface area is 106 Å². The molecular formula is C14H14N2O2. The maximum Gasteiger partial charge on any atom is 0.198 e. The summed E-state index contributed by atoms with van der Waals surface area (Å²) in [5.41, 5.74) is 0. The van der Waals surface area contributed by atoms with Crippen LogP contribution in [0.5, 0.6) is 11.5 Å². The number of ether oxygens (including phenoxy) is 2. The number of nitrogens with zero attached hydrogens (tertiary/aromatic N) is 2. The first-order chi connectivity index (χ1) is 8.95. The predicted molar refractivity (Wildman–Crippen MR) is 68.7 cm³/mol. The highest BCUT2D eigenvalue weighted by atomic mass is 16.5. The largest absolute Gasteiger partial charge is 0.470 e. The molecule has 2 aromatic carbocycles. The highest BCUT2D eigenvalue weighted by molar-refractivity contribution is 5.21. The van der Waals surface area contributed by atoms with Crippen molar-refractivity contribution in [3.8, 4) is 11.5 Å². The van der Waals surface area contributed by atoms with Crippen LogP contribution in [0.2, 0.25) is 0 Å². The van der Waals surface area contributed by atoms with Gasteiger partial charge in [0.2, 0.25) is 0 Å². The molecule has 4 nitrogen and oxygen atoms in total. The van der Waals surface area contributed by atoms with Crippen molar-refractivity contribution in [2.75, 3.05) is 13.5 Å². The van der Waals surface area contributed by atoms with Crippen LogP contribution in [0.1, 0.15) is 0 Å². The molecule has 0 saturated carbocycles. The lowest BCUT2D eigenvalue weighted by Crippen LogP contribution is -1.96. The summed E-state index contributed by atoms with van der Waals surface area (Å²) in [5, 5.41) is 7.72. The summed E-state index contributed by atoms with van der Waals surface area (Å²) in [5.74, 6) is 1.56. The van der Waals surface area contributed by atoms with Gasteiger partial charge in [-0.05, 0) is 24.3 Å². The van der Waals surface area contributed by atoms with Crippen molar-refractivity contribution in [1.82, 2.24) is 0 Å². The van der Waals surface area contributed by atoms with Gasteiger partial charge in [0.25, 0.3) is 0 Å². The van der Waals surface area contributed by atoms with Crippen LogP contribution in [0.15, 0.2) is 70.9 Å². The van der Waals surface area contributed by atoms with Crippen molar-refractivity contribution in [2.24, 2.45) is 10.2 Å². The molecule has 0 N–H and O–H groups in total. The highest BCUT2D eigenvalue weighted by Crippen LogP contribution is 2.09. The number of rotatable bonds is 6. The van der Waals surface area contributed by atoms with E-state index in [1.54, 1.807) is 0 Å². The Morgan fingerprint density at radius 3 is 1.39 bits per heavy atom. The normalized spacial score (nSPS) is 10.4. The molecule has 0 atom stereocenters. The second kappa shape index (κ2) is 7.06. The number of benzene rings is 2. The quantitative estimate of drug-likeness (QED) is 0.727. The van der Waals surface area contributed by atoms with Crippen molar-refractivity contribution in [3.63, 3.8) is 0 Å². The van der Waals surface area contributed by atoms with E-state index < -0.39 is 0 Å². The third kappa shape index (κ3) is 4.25. The van der Waals surface area contributed by atoms with Gasteiger partial charge >= 0.3 is 0 Å². The molecular weight excluding hydrogens is 228 g/mol. The topological polar surface area (TPSA) is 43.2 Å². The maximum atomic E-state index is 5.34. The zero-order valence-corrected chi connectivity index (χ0v) is 9.90. The fourth-order valence-electron chi connectivity index (χ4n) is 1.32. The van der Waals surface area contributed by atoms with E-state index in [0.29, 0.717) is 0 Å². The molecule has 2 rings (SSSR count). The molecule has 0 aliphatic rings. The Hall–Kier alpha value is -2.36. The standard InChI is InChI=1S/C14H14N2O2/c1-3-7-13(8-4-1)17-11-15-16-12-18-14-9-5-2-6-10-14/h1-10H,11-12H2. The van der Waals surface area contributed by atoms with E-state index >= 15 is 0 Å². The Bertz CT molecular complexity index is 426. The minimum Gasteiger partial charge on any atom is -0.470 e. The average Bonchev–Trinajstić information content (AvgIpc) is 2.45. The van der Waals surface area contributed by atoms with Gasteiger partial charge in [-0.3, -0.25) is 0 Å². The Morgan fingerprint density at radius 1 is 0.611 bits per heavy atom. The van der Waals surface area contributed by atoms with Crippen molar-refractivity contribution in [1.29, 1.82) is 0 Å². The molecule has 0 radical (unpaired) electrons. The second-order valence-corrected chi connectivity index (χ2v) is 3.46. The van der Waals surface area contributed by atoms with Crippen LogP contribution in [-0.4, -0.2) is 13.5 Å². The van der Waals surface area contributed by atoms with Gasteiger partial charge in [0, 0.05) is 0 Å². The molecule has 4 heteroatoms. The van der Waals surface area contributed by atoms with Crippen LogP contribution in [0.3, 0.4) is 0 Å². The fraction of sp³-hybridized carbons (Fsp3) is 0.143. The first kappa shape index (κ1) is 12.1. The highest BCUT2D eigenvalue weighted by Gasteiger charge is 1.89. The van der Waals surface area contributed by atoms with Crippen LogP contribution in [-0.2, 0) is 0 Å². The summed E-state index contributed by atoms with van der Waals surface area (Å²) < 4.78 is 10.7. The smallest absolute Gasteiger partial charge is 0.198 e. The number of azo groups is 1. The molecule has 0 heterocycles. The summed E-state index contributed by atoms with van der Waals surface area (Å²) in [4.78, 5) is 0. The van der Waals surface area contributed by atoms with E-state index in [0.717, 1.165) is 11.5 Å². The minimum atomic E-state index is 0.197. The zero-order chi connectivity index (χ0) is 12.5. The van der Waals surface area contributed by atoms with Gasteiger partial charge in [0.05, 0.1) is 0 Å². The third-order valence-corrected chi connectivity index (χ3v) is 2.16. The maximum absolute atomic E-state index is 5.34. The van der Waals surface area contributed by atoms with Crippen molar-refractivity contribution >= 4 is 0 Å². The van der Waals surface area contributed by atoms with Crippen molar-refractivity contribution in [3.05, 3.63) is 60.7 Å². The van der Waals surface area contributed by atoms with Gasteiger partial charge in [-0.25, -0.2) is 0 Å². The molecule has 0 aliphatic heterocycles. The molecule has 2 aromatic rings. The van der Waals surface area contributed by atoms with Gasteiger partial charge in [-0.2, -0.15) is 0 Å². The van der Waals surface area contributed by atoms with Gasteiger partial charge in [0.1, 0.15) is 11.5 Å². The van der Waals surface area contributed by atoms with E-state index in [4.69, 9.17) is 9.47 Å². The van der Waals surface area contributed by atoms with E-state index in [2.05, 4.69) is 10.2 Å². The van der Waals surface area contributed by atoms with Crippen LogP contribution >= 0.6 is 0 Å². The number of hydrogen-bond donors (Lipinski definition) is 0. The van der Waals surface area contributed by atoms with Gasteiger partial charge in [-0.1, -0.05) is 36.4 Å². The molecule has 0 bridgehead atoms. The van der Waals surface area contributed by atoms with E-state index in [1.807, 2.05) is 60.7 Å². The lowest BCUT2D eigenvalue weighted by atomic mass is 10.3. The summed E-state index contributed by atoms with van der Waals surface area (Å²) >= 11 is 0. The second-order valence-electron chi connectivity index (χ2n) is 3.46. The van der Waals surface area contributed by atoms with Gasteiger partial charge in [0.15, 0.2) is 13.5 Å². The molecule has 0 saturated heterocycles. The van der Waals surface area contributed by atoms with Crippen LogP contribution in [0.4, 0.5) is 0 Å². The molecule has 0 fully saturated rings. The predicted octanol–water partition coefficient (Wildman–Crippen LogP) is 3.51. The van der Waals surface area contributed by atoms with Gasteiger partial charge < -0.3 is 9.47 Å². The summed E-state index contributed by atoms with van der Waals surface area (Å²) in [6.07, 6.45) is 0. The number of para-hydroxylation sites is 2. The van der Waals surface area contributed by atoms with Crippen molar-refractivity contribution in [2.45, 2.75) is 0 Å². The monoisotopic (exact) mass is 242 g/mol. The lowest BCUT2D eigenvalue weighted by Gasteiger charge is -2.02. The Balaban J connectivity index is 1.64. The number of hydrogen-bond acceptors (Lipinski definition) is 4.